The predicted molar refractivity (Wildman–Crippen MR) is 79.0 cm³/mol. The van der Waals surface area contributed by atoms with Crippen molar-refractivity contribution in [3.8, 4) is 6.07 Å². The van der Waals surface area contributed by atoms with Gasteiger partial charge in [-0.05, 0) is 12.1 Å². The van der Waals surface area contributed by atoms with Crippen LogP contribution in [0.15, 0.2) is 54.6 Å². The van der Waals surface area contributed by atoms with Crippen molar-refractivity contribution in [2.45, 2.75) is 13.1 Å². The minimum atomic E-state index is -2.17. The Morgan fingerprint density at radius 1 is 1.00 bits per heavy atom. The zero-order valence-electron chi connectivity index (χ0n) is 11.1. The van der Waals surface area contributed by atoms with Crippen molar-refractivity contribution in [3.63, 3.8) is 0 Å². The minimum Gasteiger partial charge on any atom is -0.300 e. The average molecular weight is 265 g/mol. The van der Waals surface area contributed by atoms with E-state index in [-0.39, 0.29) is 5.41 Å². The number of nitrogens with zero attached hydrogens (tertiary/aromatic N) is 1. The van der Waals surface area contributed by atoms with Gasteiger partial charge in [0.05, 0.1) is 11.6 Å². The molecule has 0 heterocycles. The summed E-state index contributed by atoms with van der Waals surface area (Å²) < 4.78 is 0. The molecule has 2 aromatic carbocycles. The van der Waals surface area contributed by atoms with Gasteiger partial charge in [0.1, 0.15) is 5.41 Å². The number of hydrogen-bond acceptors (Lipinski definition) is 2. The van der Waals surface area contributed by atoms with Crippen LogP contribution in [0.5, 0.6) is 0 Å². The molecule has 94 valence electrons. The van der Waals surface area contributed by atoms with Crippen LogP contribution in [0.4, 0.5) is 0 Å². The van der Waals surface area contributed by atoms with Crippen LogP contribution in [-0.4, -0.2) is 13.5 Å². The highest BCUT2D eigenvalue weighted by atomic mass is 28.3. The number of rotatable bonds is 3. The van der Waals surface area contributed by atoms with E-state index < -0.39 is 8.07 Å². The van der Waals surface area contributed by atoms with Gasteiger partial charge in [-0.3, -0.25) is 4.79 Å². The maximum absolute atomic E-state index is 12.6. The molecule has 0 aromatic heterocycles. The van der Waals surface area contributed by atoms with Gasteiger partial charge < -0.3 is 0 Å². The van der Waals surface area contributed by atoms with Crippen molar-refractivity contribution in [1.29, 1.82) is 5.26 Å². The van der Waals surface area contributed by atoms with E-state index in [2.05, 4.69) is 19.2 Å². The van der Waals surface area contributed by atoms with Gasteiger partial charge in [0.15, 0.2) is 8.07 Å². The third-order valence-electron chi connectivity index (χ3n) is 3.34. The summed E-state index contributed by atoms with van der Waals surface area (Å²) in [4.78, 5) is 12.6. The summed E-state index contributed by atoms with van der Waals surface area (Å²) in [6.45, 7) is 4.12. The second-order valence-electron chi connectivity index (χ2n) is 5.01. The molecule has 0 N–H and O–H groups in total. The van der Waals surface area contributed by atoms with E-state index in [4.69, 9.17) is 5.26 Å². The van der Waals surface area contributed by atoms with Gasteiger partial charge in [0.25, 0.3) is 0 Å². The van der Waals surface area contributed by atoms with Gasteiger partial charge in [-0.25, -0.2) is 0 Å². The molecule has 0 amide bonds. The number of benzene rings is 2. The molecule has 0 spiro atoms. The zero-order valence-corrected chi connectivity index (χ0v) is 12.1. The summed E-state index contributed by atoms with van der Waals surface area (Å²) in [5.41, 5.74) is 1.27. The lowest BCUT2D eigenvalue weighted by Crippen LogP contribution is -2.49. The molecule has 3 heteroatoms. The Morgan fingerprint density at radius 2 is 1.58 bits per heavy atom. The Hall–Kier alpha value is -2.18. The molecule has 0 fully saturated rings. The second-order valence-corrected chi connectivity index (χ2v) is 9.29. The maximum Gasteiger partial charge on any atom is 0.163 e. The first-order valence-electron chi connectivity index (χ1n) is 6.16. The molecule has 0 unspecified atom stereocenters. The first kappa shape index (κ1) is 13.3. The van der Waals surface area contributed by atoms with E-state index in [0.29, 0.717) is 11.1 Å². The molecule has 2 aromatic rings. The molecule has 0 saturated heterocycles. The van der Waals surface area contributed by atoms with Crippen LogP contribution in [0, 0.1) is 11.3 Å². The number of carbonyl (C=O) groups excluding carboxylic acids is 1. The van der Waals surface area contributed by atoms with Crippen LogP contribution in [-0.2, 0) is 0 Å². The molecule has 0 aliphatic heterocycles. The SMILES string of the molecule is C[Si](C)(C(=O)c1ccc(C#N)cc1)c1ccccc1. The summed E-state index contributed by atoms with van der Waals surface area (Å²) in [6.07, 6.45) is 0. The molecule has 19 heavy (non-hydrogen) atoms. The summed E-state index contributed by atoms with van der Waals surface area (Å²) in [6, 6.07) is 18.9. The lowest BCUT2D eigenvalue weighted by molar-refractivity contribution is 0.107. The van der Waals surface area contributed by atoms with Gasteiger partial charge in [0.2, 0.25) is 0 Å². The van der Waals surface area contributed by atoms with Crippen LogP contribution in [0.3, 0.4) is 0 Å². The van der Waals surface area contributed by atoms with Gasteiger partial charge in [-0.1, -0.05) is 60.7 Å². The molecule has 0 atom stereocenters. The molecule has 2 nitrogen and oxygen atoms in total. The summed E-state index contributed by atoms with van der Waals surface area (Å²) >= 11 is 0. The number of hydrogen-bond donors (Lipinski definition) is 0. The topological polar surface area (TPSA) is 40.9 Å². The van der Waals surface area contributed by atoms with E-state index in [1.54, 1.807) is 24.3 Å². The first-order chi connectivity index (χ1) is 9.05. The van der Waals surface area contributed by atoms with Crippen LogP contribution in [0.25, 0.3) is 0 Å². The predicted octanol–water partition coefficient (Wildman–Crippen LogP) is 2.90. The number of nitriles is 1. The monoisotopic (exact) mass is 265 g/mol. The van der Waals surface area contributed by atoms with Gasteiger partial charge in [-0.2, -0.15) is 5.26 Å². The fraction of sp³-hybridized carbons (Fsp3) is 0.125. The molecule has 0 bridgehead atoms. The Morgan fingerprint density at radius 3 is 2.11 bits per heavy atom. The molecule has 0 aliphatic carbocycles. The zero-order chi connectivity index (χ0) is 13.9. The third-order valence-corrected chi connectivity index (χ3v) is 6.54. The molecular weight excluding hydrogens is 250 g/mol. The molecule has 2 rings (SSSR count). The minimum absolute atomic E-state index is 0.197. The fourth-order valence-electron chi connectivity index (χ4n) is 2.04. The summed E-state index contributed by atoms with van der Waals surface area (Å²) in [5.74, 6) is 0. The van der Waals surface area contributed by atoms with Crippen LogP contribution < -0.4 is 5.19 Å². The molecule has 0 radical (unpaired) electrons. The summed E-state index contributed by atoms with van der Waals surface area (Å²) in [7, 11) is -2.17. The first-order valence-corrected chi connectivity index (χ1v) is 9.16. The Kier molecular flexibility index (Phi) is 3.63. The van der Waals surface area contributed by atoms with Crippen LogP contribution >= 0.6 is 0 Å². The quantitative estimate of drug-likeness (QED) is 0.801. The molecule has 0 aliphatic rings. The lowest BCUT2D eigenvalue weighted by atomic mass is 10.2. The average Bonchev–Trinajstić information content (AvgIpc) is 2.47. The fourth-order valence-corrected chi connectivity index (χ4v) is 4.22. The Labute approximate surface area is 114 Å². The van der Waals surface area contributed by atoms with Gasteiger partial charge in [0, 0.05) is 5.56 Å². The molecular formula is C16H15NOSi. The lowest BCUT2D eigenvalue weighted by Gasteiger charge is -2.21. The van der Waals surface area contributed by atoms with E-state index in [9.17, 15) is 4.79 Å². The second kappa shape index (κ2) is 5.21. The van der Waals surface area contributed by atoms with Crippen LogP contribution in [0.2, 0.25) is 13.1 Å². The summed E-state index contributed by atoms with van der Waals surface area (Å²) in [5, 5.41) is 10.1. The van der Waals surface area contributed by atoms with Gasteiger partial charge in [-0.15, -0.1) is 0 Å². The van der Waals surface area contributed by atoms with Crippen molar-refractivity contribution in [1.82, 2.24) is 0 Å². The standard InChI is InChI=1S/C16H15NOSi/c1-19(2,15-6-4-3-5-7-15)16(18)14-10-8-13(12-17)9-11-14/h3-11H,1-2H3. The molecule has 0 saturated carbocycles. The van der Waals surface area contributed by atoms with E-state index >= 15 is 0 Å². The Bertz CT molecular complexity index is 624. The highest BCUT2D eigenvalue weighted by molar-refractivity contribution is 7.14. The highest BCUT2D eigenvalue weighted by Crippen LogP contribution is 2.13. The van der Waals surface area contributed by atoms with E-state index in [1.165, 1.54) is 0 Å². The van der Waals surface area contributed by atoms with Crippen molar-refractivity contribution in [3.05, 3.63) is 65.7 Å². The maximum atomic E-state index is 12.6. The Balaban J connectivity index is 2.35. The normalized spacial score (nSPS) is 10.8. The van der Waals surface area contributed by atoms with E-state index in [1.807, 2.05) is 30.3 Å². The van der Waals surface area contributed by atoms with Crippen molar-refractivity contribution in [2.75, 3.05) is 0 Å². The van der Waals surface area contributed by atoms with Gasteiger partial charge >= 0.3 is 0 Å². The third kappa shape index (κ3) is 2.64. The van der Waals surface area contributed by atoms with Crippen molar-refractivity contribution >= 4 is 18.7 Å². The smallest absolute Gasteiger partial charge is 0.163 e. The van der Waals surface area contributed by atoms with Crippen molar-refractivity contribution in [2.24, 2.45) is 0 Å². The highest BCUT2D eigenvalue weighted by Gasteiger charge is 2.33. The number of carbonyl (C=O) groups is 1. The van der Waals surface area contributed by atoms with E-state index in [0.717, 1.165) is 5.19 Å². The van der Waals surface area contributed by atoms with Crippen LogP contribution in [0.1, 0.15) is 15.9 Å². The van der Waals surface area contributed by atoms with Crippen molar-refractivity contribution < 1.29 is 4.79 Å². The largest absolute Gasteiger partial charge is 0.300 e.